The number of rotatable bonds is 5. The highest BCUT2D eigenvalue weighted by molar-refractivity contribution is 6.03. The van der Waals surface area contributed by atoms with Gasteiger partial charge in [-0.15, -0.1) is 0 Å². The van der Waals surface area contributed by atoms with Crippen LogP contribution in [0.3, 0.4) is 0 Å². The fourth-order valence-electron chi connectivity index (χ4n) is 3.03. The maximum Gasteiger partial charge on any atom is 0.319 e. The Labute approximate surface area is 169 Å². The van der Waals surface area contributed by atoms with Crippen molar-refractivity contribution in [2.75, 3.05) is 36.9 Å². The predicted octanol–water partition coefficient (Wildman–Crippen LogP) is 2.44. The highest BCUT2D eigenvalue weighted by Crippen LogP contribution is 2.18. The lowest BCUT2D eigenvalue weighted by Gasteiger charge is -2.27. The van der Waals surface area contributed by atoms with Gasteiger partial charge in [0.1, 0.15) is 0 Å². The number of ether oxygens (including phenoxy) is 1. The molecule has 1 saturated heterocycles. The summed E-state index contributed by atoms with van der Waals surface area (Å²) in [6.07, 6.45) is 0. The molecular weight excluding hydrogens is 372 g/mol. The molecule has 0 saturated carbocycles. The van der Waals surface area contributed by atoms with Gasteiger partial charge in [-0.1, -0.05) is 24.3 Å². The Hall–Kier alpha value is -3.39. The molecule has 8 heteroatoms. The zero-order valence-electron chi connectivity index (χ0n) is 16.2. The molecule has 0 aliphatic carbocycles. The molecule has 0 atom stereocenters. The van der Waals surface area contributed by atoms with Crippen molar-refractivity contribution in [2.45, 2.75) is 13.5 Å². The summed E-state index contributed by atoms with van der Waals surface area (Å²) in [6.45, 7) is 3.81. The molecule has 0 aromatic heterocycles. The van der Waals surface area contributed by atoms with Gasteiger partial charge in [0.2, 0.25) is 5.91 Å². The van der Waals surface area contributed by atoms with Crippen LogP contribution in [-0.4, -0.2) is 49.0 Å². The van der Waals surface area contributed by atoms with E-state index < -0.39 is 6.03 Å². The number of para-hydroxylation sites is 1. The average molecular weight is 396 g/mol. The van der Waals surface area contributed by atoms with E-state index in [0.717, 1.165) is 5.56 Å². The quantitative estimate of drug-likeness (QED) is 0.723. The van der Waals surface area contributed by atoms with Gasteiger partial charge in [-0.25, -0.2) is 4.79 Å². The Morgan fingerprint density at radius 2 is 1.76 bits per heavy atom. The van der Waals surface area contributed by atoms with E-state index in [1.165, 1.54) is 6.92 Å². The third-order valence-electron chi connectivity index (χ3n) is 4.40. The minimum atomic E-state index is -0.419. The van der Waals surface area contributed by atoms with E-state index in [4.69, 9.17) is 4.74 Å². The zero-order chi connectivity index (χ0) is 20.6. The summed E-state index contributed by atoms with van der Waals surface area (Å²) in [5.74, 6) is -0.290. The Bertz CT molecular complexity index is 894. The molecule has 0 unspecified atom stereocenters. The second-order valence-electron chi connectivity index (χ2n) is 6.64. The first-order chi connectivity index (χ1) is 14.0. The Kier molecular flexibility index (Phi) is 6.80. The Morgan fingerprint density at radius 1 is 1.00 bits per heavy atom. The number of urea groups is 1. The molecule has 0 radical (unpaired) electrons. The molecular formula is C21H24N4O4. The monoisotopic (exact) mass is 396 g/mol. The third kappa shape index (κ3) is 5.79. The van der Waals surface area contributed by atoms with Crippen molar-refractivity contribution < 1.29 is 19.1 Å². The maximum absolute atomic E-state index is 12.8. The average Bonchev–Trinajstić information content (AvgIpc) is 2.73. The number of hydrogen-bond acceptors (Lipinski definition) is 4. The molecule has 2 aromatic rings. The van der Waals surface area contributed by atoms with E-state index in [2.05, 4.69) is 16.0 Å². The van der Waals surface area contributed by atoms with Crippen LogP contribution in [0.2, 0.25) is 0 Å². The van der Waals surface area contributed by atoms with E-state index in [0.29, 0.717) is 43.2 Å². The molecule has 0 spiro atoms. The SMILES string of the molecule is CC(=O)Nc1cccc(CNC(=O)Nc2ccccc2C(=O)N2CCOCC2)c1. The highest BCUT2D eigenvalue weighted by Gasteiger charge is 2.21. The molecule has 1 aliphatic rings. The lowest BCUT2D eigenvalue weighted by molar-refractivity contribution is -0.114. The summed E-state index contributed by atoms with van der Waals surface area (Å²) >= 11 is 0. The number of carbonyl (C=O) groups excluding carboxylic acids is 3. The molecule has 1 aliphatic heterocycles. The minimum Gasteiger partial charge on any atom is -0.378 e. The van der Waals surface area contributed by atoms with Gasteiger partial charge >= 0.3 is 6.03 Å². The molecule has 2 aromatic carbocycles. The largest absolute Gasteiger partial charge is 0.378 e. The molecule has 0 bridgehead atoms. The third-order valence-corrected chi connectivity index (χ3v) is 4.40. The molecule has 3 N–H and O–H groups in total. The van der Waals surface area contributed by atoms with Crippen molar-refractivity contribution in [3.63, 3.8) is 0 Å². The molecule has 1 heterocycles. The number of benzene rings is 2. The van der Waals surface area contributed by atoms with Gasteiger partial charge in [0, 0.05) is 32.2 Å². The van der Waals surface area contributed by atoms with E-state index in [1.54, 1.807) is 47.4 Å². The molecule has 29 heavy (non-hydrogen) atoms. The second-order valence-corrected chi connectivity index (χ2v) is 6.64. The van der Waals surface area contributed by atoms with Crippen LogP contribution < -0.4 is 16.0 Å². The minimum absolute atomic E-state index is 0.132. The van der Waals surface area contributed by atoms with Crippen LogP contribution in [0.4, 0.5) is 16.2 Å². The summed E-state index contributed by atoms with van der Waals surface area (Å²) in [5, 5.41) is 8.22. The lowest BCUT2D eigenvalue weighted by atomic mass is 10.1. The zero-order valence-corrected chi connectivity index (χ0v) is 16.2. The van der Waals surface area contributed by atoms with Crippen molar-refractivity contribution in [1.82, 2.24) is 10.2 Å². The maximum atomic E-state index is 12.8. The van der Waals surface area contributed by atoms with Crippen LogP contribution in [0.1, 0.15) is 22.8 Å². The van der Waals surface area contributed by atoms with Crippen LogP contribution in [-0.2, 0) is 16.1 Å². The van der Waals surface area contributed by atoms with Crippen LogP contribution >= 0.6 is 0 Å². The normalized spacial score (nSPS) is 13.5. The number of nitrogens with one attached hydrogen (secondary N) is 3. The van der Waals surface area contributed by atoms with Gasteiger partial charge in [-0.3, -0.25) is 9.59 Å². The molecule has 152 valence electrons. The second kappa shape index (κ2) is 9.70. The number of amides is 4. The standard InChI is InChI=1S/C21H24N4O4/c1-15(26)23-17-6-4-5-16(13-17)14-22-21(28)24-19-8-3-2-7-18(19)20(27)25-9-11-29-12-10-25/h2-8,13H,9-12,14H2,1H3,(H,23,26)(H2,22,24,28). The summed E-state index contributed by atoms with van der Waals surface area (Å²) in [6, 6.07) is 13.7. The van der Waals surface area contributed by atoms with Gasteiger partial charge in [-0.2, -0.15) is 0 Å². The summed E-state index contributed by atoms with van der Waals surface area (Å²) in [4.78, 5) is 38.0. The first kappa shape index (κ1) is 20.3. The van der Waals surface area contributed by atoms with Gasteiger partial charge in [0.15, 0.2) is 0 Å². The Morgan fingerprint density at radius 3 is 2.52 bits per heavy atom. The number of carbonyl (C=O) groups is 3. The Balaban J connectivity index is 1.61. The van der Waals surface area contributed by atoms with Gasteiger partial charge in [0.25, 0.3) is 5.91 Å². The fraction of sp³-hybridized carbons (Fsp3) is 0.286. The van der Waals surface area contributed by atoms with Crippen molar-refractivity contribution in [3.8, 4) is 0 Å². The number of morpholine rings is 1. The topological polar surface area (TPSA) is 99.8 Å². The lowest BCUT2D eigenvalue weighted by Crippen LogP contribution is -2.41. The van der Waals surface area contributed by atoms with E-state index in [9.17, 15) is 14.4 Å². The van der Waals surface area contributed by atoms with Crippen LogP contribution in [0.25, 0.3) is 0 Å². The fourth-order valence-corrected chi connectivity index (χ4v) is 3.03. The number of nitrogens with zero attached hydrogens (tertiary/aromatic N) is 1. The smallest absolute Gasteiger partial charge is 0.319 e. The van der Waals surface area contributed by atoms with Crippen LogP contribution in [0.5, 0.6) is 0 Å². The molecule has 1 fully saturated rings. The van der Waals surface area contributed by atoms with E-state index >= 15 is 0 Å². The molecule has 4 amide bonds. The van der Waals surface area contributed by atoms with E-state index in [-0.39, 0.29) is 18.4 Å². The van der Waals surface area contributed by atoms with Crippen molar-refractivity contribution >= 4 is 29.2 Å². The first-order valence-electron chi connectivity index (χ1n) is 9.40. The summed E-state index contributed by atoms with van der Waals surface area (Å²) < 4.78 is 5.29. The van der Waals surface area contributed by atoms with Crippen molar-refractivity contribution in [3.05, 3.63) is 59.7 Å². The van der Waals surface area contributed by atoms with Gasteiger partial charge in [-0.05, 0) is 29.8 Å². The first-order valence-corrected chi connectivity index (χ1v) is 9.40. The van der Waals surface area contributed by atoms with Gasteiger partial charge in [0.05, 0.1) is 24.5 Å². The highest BCUT2D eigenvalue weighted by atomic mass is 16.5. The predicted molar refractivity (Wildman–Crippen MR) is 110 cm³/mol. The van der Waals surface area contributed by atoms with E-state index in [1.807, 2.05) is 6.07 Å². The van der Waals surface area contributed by atoms with Crippen LogP contribution in [0, 0.1) is 0 Å². The summed E-state index contributed by atoms with van der Waals surface area (Å²) in [7, 11) is 0. The molecule has 8 nitrogen and oxygen atoms in total. The summed E-state index contributed by atoms with van der Waals surface area (Å²) in [5.41, 5.74) is 2.40. The molecule has 3 rings (SSSR count). The number of anilines is 2. The van der Waals surface area contributed by atoms with Gasteiger partial charge < -0.3 is 25.6 Å². The number of hydrogen-bond donors (Lipinski definition) is 3. The van der Waals surface area contributed by atoms with Crippen molar-refractivity contribution in [1.29, 1.82) is 0 Å². The van der Waals surface area contributed by atoms with Crippen LogP contribution in [0.15, 0.2) is 48.5 Å². The van der Waals surface area contributed by atoms with Crippen molar-refractivity contribution in [2.24, 2.45) is 0 Å².